The number of nitrogens with one attached hydrogen (secondary N) is 1. The van der Waals surface area contributed by atoms with E-state index < -0.39 is 0 Å². The highest BCUT2D eigenvalue weighted by Gasteiger charge is 2.33. The third-order valence-electron chi connectivity index (χ3n) is 5.14. The summed E-state index contributed by atoms with van der Waals surface area (Å²) >= 11 is 0. The van der Waals surface area contributed by atoms with Gasteiger partial charge in [0.1, 0.15) is 0 Å². The zero-order chi connectivity index (χ0) is 16.2. The van der Waals surface area contributed by atoms with E-state index in [1.807, 2.05) is 0 Å². The average molecular weight is 353 g/mol. The van der Waals surface area contributed by atoms with Gasteiger partial charge in [-0.05, 0) is 49.7 Å². The van der Waals surface area contributed by atoms with Crippen molar-refractivity contribution in [1.82, 2.24) is 5.32 Å². The summed E-state index contributed by atoms with van der Waals surface area (Å²) in [6, 6.07) is 8.68. The Labute approximate surface area is 150 Å². The van der Waals surface area contributed by atoms with E-state index in [4.69, 9.17) is 10.5 Å². The summed E-state index contributed by atoms with van der Waals surface area (Å²) in [6.45, 7) is 2.86. The van der Waals surface area contributed by atoms with Gasteiger partial charge in [0.05, 0.1) is 6.10 Å². The van der Waals surface area contributed by atoms with Crippen LogP contribution >= 0.6 is 12.4 Å². The summed E-state index contributed by atoms with van der Waals surface area (Å²) in [6.07, 6.45) is 5.54. The zero-order valence-corrected chi connectivity index (χ0v) is 15.2. The van der Waals surface area contributed by atoms with Gasteiger partial charge in [-0.3, -0.25) is 4.79 Å². The van der Waals surface area contributed by atoms with Crippen LogP contribution in [0.15, 0.2) is 24.3 Å². The molecule has 5 heteroatoms. The van der Waals surface area contributed by atoms with Crippen molar-refractivity contribution in [3.8, 4) is 0 Å². The van der Waals surface area contributed by atoms with Crippen molar-refractivity contribution in [3.63, 3.8) is 0 Å². The van der Waals surface area contributed by atoms with Crippen molar-refractivity contribution in [2.24, 2.45) is 11.7 Å². The van der Waals surface area contributed by atoms with E-state index in [0.717, 1.165) is 45.1 Å². The highest BCUT2D eigenvalue weighted by Crippen LogP contribution is 2.27. The number of amides is 1. The second-order valence-electron chi connectivity index (χ2n) is 6.97. The van der Waals surface area contributed by atoms with Gasteiger partial charge >= 0.3 is 0 Å². The minimum Gasteiger partial charge on any atom is -0.377 e. The Bertz CT molecular complexity index is 527. The number of benzene rings is 1. The third kappa shape index (κ3) is 4.50. The van der Waals surface area contributed by atoms with Gasteiger partial charge in [0.15, 0.2) is 0 Å². The summed E-state index contributed by atoms with van der Waals surface area (Å²) in [7, 11) is 0. The van der Waals surface area contributed by atoms with E-state index in [2.05, 4.69) is 36.5 Å². The number of hydrogen-bond acceptors (Lipinski definition) is 3. The van der Waals surface area contributed by atoms with Crippen LogP contribution in [0.25, 0.3) is 0 Å². The normalized spacial score (nSPS) is 26.5. The minimum absolute atomic E-state index is 0. The Morgan fingerprint density at radius 2 is 1.92 bits per heavy atom. The van der Waals surface area contributed by atoms with Crippen molar-refractivity contribution < 1.29 is 9.53 Å². The molecule has 3 rings (SSSR count). The molecule has 134 valence electrons. The van der Waals surface area contributed by atoms with E-state index in [1.54, 1.807) is 0 Å². The van der Waals surface area contributed by atoms with Crippen molar-refractivity contribution in [2.75, 3.05) is 6.61 Å². The number of carbonyl (C=O) groups excluding carboxylic acids is 1. The summed E-state index contributed by atoms with van der Waals surface area (Å²) in [5.74, 6) is 0.211. The Hall–Kier alpha value is -1.10. The van der Waals surface area contributed by atoms with E-state index in [1.165, 1.54) is 11.1 Å². The summed E-state index contributed by atoms with van der Waals surface area (Å²) < 4.78 is 5.79. The molecule has 3 atom stereocenters. The summed E-state index contributed by atoms with van der Waals surface area (Å²) in [5.41, 5.74) is 8.95. The van der Waals surface area contributed by atoms with Crippen molar-refractivity contribution >= 4 is 18.3 Å². The number of fused-ring (bicyclic) bond motifs is 1. The molecule has 0 bridgehead atoms. The van der Waals surface area contributed by atoms with Crippen LogP contribution < -0.4 is 11.1 Å². The van der Waals surface area contributed by atoms with Gasteiger partial charge in [-0.15, -0.1) is 12.4 Å². The molecule has 1 aromatic carbocycles. The quantitative estimate of drug-likeness (QED) is 0.856. The molecule has 4 nitrogen and oxygen atoms in total. The van der Waals surface area contributed by atoms with Crippen molar-refractivity contribution in [2.45, 2.75) is 63.6 Å². The van der Waals surface area contributed by atoms with Crippen molar-refractivity contribution in [3.05, 3.63) is 35.4 Å². The van der Waals surface area contributed by atoms with Crippen LogP contribution in [0.3, 0.4) is 0 Å². The molecule has 1 saturated carbocycles. The summed E-state index contributed by atoms with van der Waals surface area (Å²) in [5, 5.41) is 3.24. The first-order valence-corrected chi connectivity index (χ1v) is 8.91. The molecule has 0 spiro atoms. The number of carbonyl (C=O) groups is 1. The number of ether oxygens (including phenoxy) is 1. The van der Waals surface area contributed by atoms with Crippen LogP contribution in [0.4, 0.5) is 0 Å². The molecule has 24 heavy (non-hydrogen) atoms. The topological polar surface area (TPSA) is 64.3 Å². The molecular formula is C19H29ClN2O2. The maximum atomic E-state index is 12.6. The molecule has 0 radical (unpaired) electrons. The maximum Gasteiger partial charge on any atom is 0.223 e. The minimum atomic E-state index is -0.0215. The fourth-order valence-corrected chi connectivity index (χ4v) is 3.87. The molecule has 0 saturated heterocycles. The first kappa shape index (κ1) is 19.2. The molecular weight excluding hydrogens is 324 g/mol. The summed E-state index contributed by atoms with van der Waals surface area (Å²) in [4.78, 5) is 12.6. The first-order valence-electron chi connectivity index (χ1n) is 8.91. The van der Waals surface area contributed by atoms with E-state index in [9.17, 15) is 4.79 Å². The Balaban J connectivity index is 0.00000208. The lowest BCUT2D eigenvalue weighted by Gasteiger charge is -2.33. The third-order valence-corrected chi connectivity index (χ3v) is 5.14. The number of rotatable bonds is 5. The van der Waals surface area contributed by atoms with Gasteiger partial charge < -0.3 is 15.8 Å². The molecule has 2 aliphatic carbocycles. The lowest BCUT2D eigenvalue weighted by atomic mass is 9.83. The molecule has 0 unspecified atom stereocenters. The maximum absolute atomic E-state index is 12.6. The van der Waals surface area contributed by atoms with Crippen LogP contribution in [0, 0.1) is 5.92 Å². The van der Waals surface area contributed by atoms with E-state index in [0.29, 0.717) is 0 Å². The van der Waals surface area contributed by atoms with E-state index in [-0.39, 0.29) is 42.4 Å². The van der Waals surface area contributed by atoms with E-state index >= 15 is 0 Å². The Morgan fingerprint density at radius 1 is 1.25 bits per heavy atom. The lowest BCUT2D eigenvalue weighted by Crippen LogP contribution is -2.48. The highest BCUT2D eigenvalue weighted by atomic mass is 35.5. The molecule has 0 aliphatic heterocycles. The number of nitrogens with two attached hydrogens (primary N) is 1. The molecule has 1 amide bonds. The van der Waals surface area contributed by atoms with Crippen LogP contribution in [0.1, 0.15) is 43.7 Å². The average Bonchev–Trinajstić information content (AvgIpc) is 2.95. The molecule has 3 N–H and O–H groups in total. The standard InChI is InChI=1S/C19H28N2O2.ClH/c1-2-9-23-18-8-7-15(12-17(18)20)19(22)21-16-10-13-5-3-4-6-14(13)11-16;/h3-6,15-18H,2,7-12,20H2,1H3,(H,21,22);1H/t15-,17+,18+;/m0./s1. The van der Waals surface area contributed by atoms with Crippen LogP contribution in [0.5, 0.6) is 0 Å². The molecule has 0 heterocycles. The zero-order valence-electron chi connectivity index (χ0n) is 14.4. The van der Waals surface area contributed by atoms with Gasteiger partial charge in [0, 0.05) is 24.6 Å². The monoisotopic (exact) mass is 352 g/mol. The van der Waals surface area contributed by atoms with Crippen molar-refractivity contribution in [1.29, 1.82) is 0 Å². The highest BCUT2D eigenvalue weighted by molar-refractivity contribution is 5.85. The largest absolute Gasteiger partial charge is 0.377 e. The predicted octanol–water partition coefficient (Wildman–Crippen LogP) is 2.61. The molecule has 0 aromatic heterocycles. The number of hydrogen-bond donors (Lipinski definition) is 2. The van der Waals surface area contributed by atoms with Crippen LogP contribution in [0.2, 0.25) is 0 Å². The van der Waals surface area contributed by atoms with Gasteiger partial charge in [0.25, 0.3) is 0 Å². The van der Waals surface area contributed by atoms with Gasteiger partial charge in [0.2, 0.25) is 5.91 Å². The molecule has 1 fully saturated rings. The van der Waals surface area contributed by atoms with Gasteiger partial charge in [-0.2, -0.15) is 0 Å². The predicted molar refractivity (Wildman–Crippen MR) is 98.4 cm³/mol. The van der Waals surface area contributed by atoms with Crippen LogP contribution in [-0.4, -0.2) is 30.7 Å². The van der Waals surface area contributed by atoms with Gasteiger partial charge in [-0.1, -0.05) is 31.2 Å². The Morgan fingerprint density at radius 3 is 2.50 bits per heavy atom. The smallest absolute Gasteiger partial charge is 0.223 e. The fourth-order valence-electron chi connectivity index (χ4n) is 3.87. The SMILES string of the molecule is CCCO[C@@H]1CC[C@H](C(=O)NC2Cc3ccccc3C2)C[C@H]1N.Cl. The second kappa shape index (κ2) is 8.84. The molecule has 2 aliphatic rings. The molecule has 1 aromatic rings. The van der Waals surface area contributed by atoms with Gasteiger partial charge in [-0.25, -0.2) is 0 Å². The second-order valence-corrected chi connectivity index (χ2v) is 6.97. The fraction of sp³-hybridized carbons (Fsp3) is 0.632. The Kier molecular flexibility index (Phi) is 7.08. The first-order chi connectivity index (χ1) is 11.2. The number of halogens is 1. The lowest BCUT2D eigenvalue weighted by molar-refractivity contribution is -0.128. The van der Waals surface area contributed by atoms with Crippen LogP contribution in [-0.2, 0) is 22.4 Å².